The number of allylic oxidation sites excluding steroid dienone is 3. The molecule has 2 N–H and O–H groups in total. The first-order valence-corrected chi connectivity index (χ1v) is 3.80. The lowest BCUT2D eigenvalue weighted by atomic mass is 9.97. The minimum Gasteiger partial charge on any atom is -0.327 e. The highest BCUT2D eigenvalue weighted by Gasteiger charge is 2.35. The molecular weight excluding hydrogens is 186 g/mol. The second kappa shape index (κ2) is 3.49. The molecule has 74 valence electrons. The van der Waals surface area contributed by atoms with Crippen molar-refractivity contribution in [2.45, 2.75) is 19.0 Å². The summed E-state index contributed by atoms with van der Waals surface area (Å²) in [7, 11) is 0. The molecule has 0 saturated heterocycles. The Bertz CT molecular complexity index is 262. The molecule has 0 radical (unpaired) electrons. The first kappa shape index (κ1) is 10.2. The number of hydrogen-bond donors (Lipinski definition) is 1. The summed E-state index contributed by atoms with van der Waals surface area (Å²) in [5.74, 6) is -0.832. The van der Waals surface area contributed by atoms with Crippen LogP contribution >= 0.6 is 0 Å². The van der Waals surface area contributed by atoms with Crippen molar-refractivity contribution in [3.63, 3.8) is 0 Å². The molecule has 1 aliphatic carbocycles. The highest BCUT2D eigenvalue weighted by Crippen LogP contribution is 2.35. The van der Waals surface area contributed by atoms with Crippen LogP contribution in [0.4, 0.5) is 17.6 Å². The fraction of sp³-hybridized carbons (Fsp3) is 0.500. The summed E-state index contributed by atoms with van der Waals surface area (Å²) in [6.07, 6.45) is -4.00. The van der Waals surface area contributed by atoms with E-state index in [4.69, 9.17) is 5.73 Å². The molecule has 0 atom stereocenters. The Kier molecular flexibility index (Phi) is 2.75. The van der Waals surface area contributed by atoms with Gasteiger partial charge in [-0.3, -0.25) is 0 Å². The number of rotatable bonds is 1. The largest absolute Gasteiger partial charge is 0.412 e. The van der Waals surface area contributed by atoms with Crippen LogP contribution in [-0.4, -0.2) is 12.7 Å². The van der Waals surface area contributed by atoms with Gasteiger partial charge in [-0.25, -0.2) is 4.39 Å². The lowest BCUT2D eigenvalue weighted by Crippen LogP contribution is -2.16. The predicted molar refractivity (Wildman–Crippen MR) is 40.6 cm³/mol. The molecule has 0 amide bonds. The van der Waals surface area contributed by atoms with Crippen molar-refractivity contribution in [2.24, 2.45) is 5.73 Å². The third-order valence-corrected chi connectivity index (χ3v) is 1.95. The van der Waals surface area contributed by atoms with Crippen molar-refractivity contribution < 1.29 is 17.6 Å². The lowest BCUT2D eigenvalue weighted by Gasteiger charge is -2.17. The normalized spacial score (nSPS) is 19.0. The molecule has 1 nitrogen and oxygen atoms in total. The molecule has 0 aromatic rings. The smallest absolute Gasteiger partial charge is 0.327 e. The predicted octanol–water partition coefficient (Wildman–Crippen LogP) is 2.45. The van der Waals surface area contributed by atoms with Crippen molar-refractivity contribution in [3.05, 3.63) is 23.0 Å². The first-order chi connectivity index (χ1) is 5.95. The topological polar surface area (TPSA) is 26.0 Å². The molecule has 0 aliphatic heterocycles. The summed E-state index contributed by atoms with van der Waals surface area (Å²) in [6, 6.07) is 0. The van der Waals surface area contributed by atoms with Crippen molar-refractivity contribution in [1.29, 1.82) is 0 Å². The zero-order chi connectivity index (χ0) is 10.1. The van der Waals surface area contributed by atoms with E-state index < -0.39 is 17.6 Å². The van der Waals surface area contributed by atoms with Crippen molar-refractivity contribution >= 4 is 0 Å². The van der Waals surface area contributed by atoms with Gasteiger partial charge in [0.1, 0.15) is 5.83 Å². The van der Waals surface area contributed by atoms with Crippen LogP contribution in [0.15, 0.2) is 23.0 Å². The van der Waals surface area contributed by atoms with E-state index in [1.54, 1.807) is 0 Å². The molecule has 0 aromatic carbocycles. The summed E-state index contributed by atoms with van der Waals surface area (Å²) >= 11 is 0. The Labute approximate surface area is 72.9 Å². The number of nitrogens with two attached hydrogens (primary N) is 1. The lowest BCUT2D eigenvalue weighted by molar-refractivity contribution is -0.0943. The second-order valence-corrected chi connectivity index (χ2v) is 2.82. The summed E-state index contributed by atoms with van der Waals surface area (Å²) in [6.45, 7) is -0.0204. The molecule has 5 heteroatoms. The van der Waals surface area contributed by atoms with Crippen LogP contribution in [0.3, 0.4) is 0 Å². The Morgan fingerprint density at radius 1 is 1.31 bits per heavy atom. The first-order valence-electron chi connectivity index (χ1n) is 3.80. The molecule has 1 aliphatic rings. The monoisotopic (exact) mass is 195 g/mol. The van der Waals surface area contributed by atoms with Crippen molar-refractivity contribution in [3.8, 4) is 0 Å². The minimum absolute atomic E-state index is 0.0204. The van der Waals surface area contributed by atoms with Gasteiger partial charge in [0.2, 0.25) is 0 Å². The van der Waals surface area contributed by atoms with E-state index in [9.17, 15) is 17.6 Å². The van der Waals surface area contributed by atoms with Gasteiger partial charge >= 0.3 is 6.18 Å². The SMILES string of the molecule is NCC1=C(F)C=C(C(F)(F)F)CC1. The number of alkyl halides is 3. The third-order valence-electron chi connectivity index (χ3n) is 1.95. The van der Waals surface area contributed by atoms with Crippen LogP contribution < -0.4 is 5.73 Å². The van der Waals surface area contributed by atoms with E-state index in [1.807, 2.05) is 0 Å². The maximum absolute atomic E-state index is 12.9. The van der Waals surface area contributed by atoms with Gasteiger partial charge in [-0.2, -0.15) is 13.2 Å². The van der Waals surface area contributed by atoms with Gasteiger partial charge in [0.05, 0.1) is 0 Å². The summed E-state index contributed by atoms with van der Waals surface area (Å²) in [5.41, 5.74) is 4.58. The molecule has 0 spiro atoms. The summed E-state index contributed by atoms with van der Waals surface area (Å²) in [4.78, 5) is 0. The van der Waals surface area contributed by atoms with Gasteiger partial charge in [-0.05, 0) is 24.5 Å². The molecule has 0 unspecified atom stereocenters. The van der Waals surface area contributed by atoms with Crippen LogP contribution in [0.25, 0.3) is 0 Å². The van der Waals surface area contributed by atoms with Gasteiger partial charge in [0, 0.05) is 12.1 Å². The molecule has 13 heavy (non-hydrogen) atoms. The van der Waals surface area contributed by atoms with Gasteiger partial charge < -0.3 is 5.73 Å². The highest BCUT2D eigenvalue weighted by atomic mass is 19.4. The molecular formula is C8H9F4N. The Morgan fingerprint density at radius 2 is 1.92 bits per heavy atom. The fourth-order valence-corrected chi connectivity index (χ4v) is 1.16. The van der Waals surface area contributed by atoms with Gasteiger partial charge in [0.25, 0.3) is 0 Å². The van der Waals surface area contributed by atoms with Crippen LogP contribution in [0.1, 0.15) is 12.8 Å². The second-order valence-electron chi connectivity index (χ2n) is 2.82. The third kappa shape index (κ3) is 2.30. The van der Waals surface area contributed by atoms with Crippen molar-refractivity contribution in [2.75, 3.05) is 6.54 Å². The van der Waals surface area contributed by atoms with Crippen LogP contribution in [0.2, 0.25) is 0 Å². The molecule has 0 bridgehead atoms. The average molecular weight is 195 g/mol. The molecule has 0 saturated carbocycles. The van der Waals surface area contributed by atoms with E-state index in [0.717, 1.165) is 0 Å². The van der Waals surface area contributed by atoms with Crippen LogP contribution in [0.5, 0.6) is 0 Å². The standard InChI is InChI=1S/C8H9F4N/c9-7-3-6(8(10,11)12)2-1-5(7)4-13/h3H,1-2,4,13H2. The summed E-state index contributed by atoms with van der Waals surface area (Å²) in [5, 5.41) is 0. The zero-order valence-electron chi connectivity index (χ0n) is 6.79. The Morgan fingerprint density at radius 3 is 2.31 bits per heavy atom. The quantitative estimate of drug-likeness (QED) is 0.639. The van der Waals surface area contributed by atoms with Gasteiger partial charge in [0.15, 0.2) is 0 Å². The Hall–Kier alpha value is -0.840. The van der Waals surface area contributed by atoms with E-state index >= 15 is 0 Å². The van der Waals surface area contributed by atoms with E-state index in [1.165, 1.54) is 0 Å². The zero-order valence-corrected chi connectivity index (χ0v) is 6.79. The summed E-state index contributed by atoms with van der Waals surface area (Å²) < 4.78 is 49.0. The minimum atomic E-state index is -4.42. The maximum Gasteiger partial charge on any atom is 0.412 e. The Balaban J connectivity index is 2.90. The number of hydrogen-bond acceptors (Lipinski definition) is 1. The molecule has 0 aromatic heterocycles. The number of halogens is 4. The highest BCUT2D eigenvalue weighted by molar-refractivity contribution is 5.31. The van der Waals surface area contributed by atoms with Crippen LogP contribution in [0, 0.1) is 0 Å². The molecule has 1 rings (SSSR count). The fourth-order valence-electron chi connectivity index (χ4n) is 1.16. The van der Waals surface area contributed by atoms with Gasteiger partial charge in [-0.15, -0.1) is 0 Å². The van der Waals surface area contributed by atoms with Crippen LogP contribution in [-0.2, 0) is 0 Å². The van der Waals surface area contributed by atoms with Gasteiger partial charge in [-0.1, -0.05) is 0 Å². The molecule has 0 fully saturated rings. The molecule has 0 heterocycles. The van der Waals surface area contributed by atoms with E-state index in [0.29, 0.717) is 6.08 Å². The van der Waals surface area contributed by atoms with E-state index in [2.05, 4.69) is 0 Å². The average Bonchev–Trinajstić information content (AvgIpc) is 2.02. The van der Waals surface area contributed by atoms with E-state index in [-0.39, 0.29) is 25.0 Å². The van der Waals surface area contributed by atoms with Crippen molar-refractivity contribution in [1.82, 2.24) is 0 Å². The maximum atomic E-state index is 12.9.